The molecule has 104 valence electrons. The molecular weight excluding hydrogens is 248 g/mol. The van der Waals surface area contributed by atoms with Gasteiger partial charge < -0.3 is 0 Å². The first kappa shape index (κ1) is 15.5. The number of nitriles is 1. The summed E-state index contributed by atoms with van der Waals surface area (Å²) in [4.78, 5) is 0. The van der Waals surface area contributed by atoms with Gasteiger partial charge in [-0.2, -0.15) is 9.98 Å². The van der Waals surface area contributed by atoms with Gasteiger partial charge in [-0.1, -0.05) is 33.1 Å². The van der Waals surface area contributed by atoms with Crippen molar-refractivity contribution in [1.29, 1.82) is 5.26 Å². The van der Waals surface area contributed by atoms with Crippen molar-refractivity contribution in [2.24, 2.45) is 5.92 Å². The molecule has 1 fully saturated rings. The molecule has 0 aliphatic heterocycles. The highest BCUT2D eigenvalue weighted by Crippen LogP contribution is 2.25. The third-order valence-electron chi connectivity index (χ3n) is 3.95. The molecule has 5 heteroatoms. The van der Waals surface area contributed by atoms with Crippen molar-refractivity contribution < 1.29 is 8.42 Å². The summed E-state index contributed by atoms with van der Waals surface area (Å²) >= 11 is 0. The standard InChI is InChI=1S/C13H24N2O2S/c1-3-13(4-2,11-14)15-18(16,17)10-12-8-6-5-7-9-12/h12,15H,3-10H2,1-2H3. The largest absolute Gasteiger partial charge is 0.213 e. The number of hydrogen-bond donors (Lipinski definition) is 1. The lowest BCUT2D eigenvalue weighted by atomic mass is 9.91. The Labute approximate surface area is 111 Å². The van der Waals surface area contributed by atoms with Gasteiger partial charge in [-0.05, 0) is 31.6 Å². The minimum Gasteiger partial charge on any atom is -0.212 e. The number of sulfonamides is 1. The van der Waals surface area contributed by atoms with E-state index in [1.807, 2.05) is 13.8 Å². The Morgan fingerprint density at radius 2 is 1.78 bits per heavy atom. The fourth-order valence-electron chi connectivity index (χ4n) is 2.58. The van der Waals surface area contributed by atoms with Gasteiger partial charge in [0.2, 0.25) is 10.0 Å². The van der Waals surface area contributed by atoms with Crippen LogP contribution in [-0.4, -0.2) is 19.7 Å². The van der Waals surface area contributed by atoms with Gasteiger partial charge >= 0.3 is 0 Å². The molecule has 0 aromatic carbocycles. The molecule has 0 spiro atoms. The van der Waals surface area contributed by atoms with Crippen LogP contribution in [0.4, 0.5) is 0 Å². The summed E-state index contributed by atoms with van der Waals surface area (Å²) in [5, 5.41) is 9.17. The van der Waals surface area contributed by atoms with Gasteiger partial charge in [0.05, 0.1) is 11.8 Å². The second-order valence-corrected chi connectivity index (χ2v) is 7.06. The summed E-state index contributed by atoms with van der Waals surface area (Å²) in [6.07, 6.45) is 6.48. The van der Waals surface area contributed by atoms with E-state index < -0.39 is 15.6 Å². The van der Waals surface area contributed by atoms with E-state index >= 15 is 0 Å². The smallest absolute Gasteiger partial charge is 0.212 e. The van der Waals surface area contributed by atoms with Gasteiger partial charge in [-0.25, -0.2) is 8.42 Å². The third-order valence-corrected chi connectivity index (χ3v) is 5.56. The Hall–Kier alpha value is -0.600. The van der Waals surface area contributed by atoms with Crippen molar-refractivity contribution >= 4 is 10.0 Å². The molecule has 0 atom stereocenters. The molecule has 0 aromatic rings. The quantitative estimate of drug-likeness (QED) is 0.808. The third kappa shape index (κ3) is 4.25. The Morgan fingerprint density at radius 1 is 1.22 bits per heavy atom. The van der Waals surface area contributed by atoms with E-state index in [1.165, 1.54) is 6.42 Å². The molecule has 0 saturated heterocycles. The van der Waals surface area contributed by atoms with Crippen molar-refractivity contribution in [2.45, 2.75) is 64.3 Å². The zero-order valence-electron chi connectivity index (χ0n) is 11.4. The predicted molar refractivity (Wildman–Crippen MR) is 72.4 cm³/mol. The molecule has 0 amide bonds. The summed E-state index contributed by atoms with van der Waals surface area (Å²) in [5.41, 5.74) is -0.923. The lowest BCUT2D eigenvalue weighted by Gasteiger charge is -2.27. The van der Waals surface area contributed by atoms with Crippen molar-refractivity contribution in [2.75, 3.05) is 5.75 Å². The molecule has 4 nitrogen and oxygen atoms in total. The minimum atomic E-state index is -3.35. The van der Waals surface area contributed by atoms with E-state index in [0.29, 0.717) is 12.8 Å². The lowest BCUT2D eigenvalue weighted by Crippen LogP contribution is -2.48. The van der Waals surface area contributed by atoms with Crippen LogP contribution < -0.4 is 4.72 Å². The first-order valence-electron chi connectivity index (χ1n) is 6.90. The first-order chi connectivity index (χ1) is 8.47. The maximum atomic E-state index is 12.1. The number of nitrogens with zero attached hydrogens (tertiary/aromatic N) is 1. The average molecular weight is 272 g/mol. The molecule has 0 aromatic heterocycles. The summed E-state index contributed by atoms with van der Waals surface area (Å²) in [6.45, 7) is 3.69. The van der Waals surface area contributed by atoms with E-state index in [2.05, 4.69) is 10.8 Å². The Balaban J connectivity index is 2.66. The second kappa shape index (κ2) is 6.53. The van der Waals surface area contributed by atoms with E-state index in [9.17, 15) is 8.42 Å². The molecule has 1 aliphatic carbocycles. The highest BCUT2D eigenvalue weighted by molar-refractivity contribution is 7.89. The highest BCUT2D eigenvalue weighted by Gasteiger charge is 2.32. The lowest BCUT2D eigenvalue weighted by molar-refractivity contribution is 0.379. The summed E-state index contributed by atoms with van der Waals surface area (Å²) < 4.78 is 26.9. The normalized spacial score (nSPS) is 18.5. The molecule has 1 rings (SSSR count). The molecule has 0 bridgehead atoms. The summed E-state index contributed by atoms with van der Waals surface area (Å²) in [5.74, 6) is 0.442. The van der Waals surface area contributed by atoms with E-state index in [0.717, 1.165) is 25.7 Å². The van der Waals surface area contributed by atoms with Crippen LogP contribution in [0.2, 0.25) is 0 Å². The number of nitrogens with one attached hydrogen (secondary N) is 1. The van der Waals surface area contributed by atoms with Crippen LogP contribution in [0.15, 0.2) is 0 Å². The van der Waals surface area contributed by atoms with Crippen molar-refractivity contribution in [3.05, 3.63) is 0 Å². The average Bonchev–Trinajstić information content (AvgIpc) is 2.37. The van der Waals surface area contributed by atoms with Crippen LogP contribution in [-0.2, 0) is 10.0 Å². The maximum absolute atomic E-state index is 12.1. The van der Waals surface area contributed by atoms with Gasteiger partial charge in [0.25, 0.3) is 0 Å². The van der Waals surface area contributed by atoms with Crippen LogP contribution in [0.1, 0.15) is 58.8 Å². The van der Waals surface area contributed by atoms with Gasteiger partial charge in [0, 0.05) is 0 Å². The van der Waals surface area contributed by atoms with E-state index in [1.54, 1.807) is 0 Å². The van der Waals surface area contributed by atoms with Gasteiger partial charge in [0.1, 0.15) is 5.54 Å². The Morgan fingerprint density at radius 3 is 2.22 bits per heavy atom. The topological polar surface area (TPSA) is 70.0 Å². The van der Waals surface area contributed by atoms with Gasteiger partial charge in [0.15, 0.2) is 0 Å². The molecule has 1 aliphatic rings. The van der Waals surface area contributed by atoms with Crippen LogP contribution in [0, 0.1) is 17.2 Å². The first-order valence-corrected chi connectivity index (χ1v) is 8.55. The number of rotatable bonds is 6. The van der Waals surface area contributed by atoms with Gasteiger partial charge in [-0.3, -0.25) is 0 Å². The summed E-state index contributed by atoms with van der Waals surface area (Å²) in [7, 11) is -3.35. The predicted octanol–water partition coefficient (Wildman–Crippen LogP) is 2.57. The van der Waals surface area contributed by atoms with Crippen LogP contribution in [0.5, 0.6) is 0 Å². The highest BCUT2D eigenvalue weighted by atomic mass is 32.2. The van der Waals surface area contributed by atoms with Crippen molar-refractivity contribution in [1.82, 2.24) is 4.72 Å². The zero-order chi connectivity index (χ0) is 13.6. The molecule has 1 N–H and O–H groups in total. The van der Waals surface area contributed by atoms with Crippen LogP contribution in [0.25, 0.3) is 0 Å². The summed E-state index contributed by atoms with van der Waals surface area (Å²) in [6, 6.07) is 2.12. The van der Waals surface area contributed by atoms with E-state index in [4.69, 9.17) is 5.26 Å². The monoisotopic (exact) mass is 272 g/mol. The van der Waals surface area contributed by atoms with Crippen LogP contribution in [0.3, 0.4) is 0 Å². The fraction of sp³-hybridized carbons (Fsp3) is 0.923. The van der Waals surface area contributed by atoms with E-state index in [-0.39, 0.29) is 11.7 Å². The molecule has 1 saturated carbocycles. The van der Waals surface area contributed by atoms with Crippen molar-refractivity contribution in [3.63, 3.8) is 0 Å². The molecule has 0 heterocycles. The fourth-order valence-corrected chi connectivity index (χ4v) is 4.55. The molecule has 0 radical (unpaired) electrons. The van der Waals surface area contributed by atoms with Gasteiger partial charge in [-0.15, -0.1) is 0 Å². The van der Waals surface area contributed by atoms with Crippen LogP contribution >= 0.6 is 0 Å². The second-order valence-electron chi connectivity index (χ2n) is 5.29. The maximum Gasteiger partial charge on any atom is 0.213 e. The Bertz CT molecular complexity index is 388. The SMILES string of the molecule is CCC(C#N)(CC)NS(=O)(=O)CC1CCCCC1. The molecule has 0 unspecified atom stereocenters. The molecule has 18 heavy (non-hydrogen) atoms. The van der Waals surface area contributed by atoms with Crippen molar-refractivity contribution in [3.8, 4) is 6.07 Å². The number of hydrogen-bond acceptors (Lipinski definition) is 3. The Kier molecular flexibility index (Phi) is 5.61. The zero-order valence-corrected chi connectivity index (χ0v) is 12.2. The minimum absolute atomic E-state index is 0.177. The molecular formula is C13H24N2O2S.